The molecule has 0 aliphatic heterocycles. The molecule has 0 unspecified atom stereocenters. The van der Waals surface area contributed by atoms with Crippen molar-refractivity contribution in [1.82, 2.24) is 19.7 Å². The van der Waals surface area contributed by atoms with Gasteiger partial charge in [-0.3, -0.25) is 15.1 Å². The number of hydrogen-bond donors (Lipinski definition) is 2. The number of fused-ring (bicyclic) bond motifs is 1. The van der Waals surface area contributed by atoms with E-state index in [1.807, 2.05) is 60.7 Å². The van der Waals surface area contributed by atoms with Crippen LogP contribution < -0.4 is 20.1 Å². The summed E-state index contributed by atoms with van der Waals surface area (Å²) in [6.07, 6.45) is 1.80. The van der Waals surface area contributed by atoms with Gasteiger partial charge in [-0.25, -0.2) is 9.48 Å². The molecule has 226 valence electrons. The van der Waals surface area contributed by atoms with Gasteiger partial charge in [0.15, 0.2) is 0 Å². The molecular formula is C34H36N6O4. The van der Waals surface area contributed by atoms with Crippen molar-refractivity contribution in [2.45, 2.75) is 32.6 Å². The Labute approximate surface area is 256 Å². The summed E-state index contributed by atoms with van der Waals surface area (Å²) < 4.78 is 13.2. The monoisotopic (exact) mass is 592 g/mol. The maximum absolute atomic E-state index is 13.4. The van der Waals surface area contributed by atoms with Gasteiger partial charge < -0.3 is 19.7 Å². The number of hydrogen-bond acceptors (Lipinski definition) is 6. The van der Waals surface area contributed by atoms with Crippen LogP contribution in [0.5, 0.6) is 17.2 Å². The Bertz CT molecular complexity index is 1810. The van der Waals surface area contributed by atoms with E-state index in [2.05, 4.69) is 36.4 Å². The molecule has 0 aliphatic rings. The SMILES string of the molecule is COc1ccc(-n2nc(C(C)(C)C)cc2NC(=O)Nc2ccc(Oc3ccnc(CC(=O)N(C)C)c3)c3ccccc23)cc1. The summed E-state index contributed by atoms with van der Waals surface area (Å²) >= 11 is 0. The van der Waals surface area contributed by atoms with Crippen molar-refractivity contribution < 1.29 is 19.1 Å². The highest BCUT2D eigenvalue weighted by Crippen LogP contribution is 2.35. The number of methoxy groups -OCH3 is 1. The van der Waals surface area contributed by atoms with E-state index in [-0.39, 0.29) is 17.7 Å². The largest absolute Gasteiger partial charge is 0.497 e. The van der Waals surface area contributed by atoms with Crippen LogP contribution in [0.3, 0.4) is 0 Å². The lowest BCUT2D eigenvalue weighted by Gasteiger charge is -2.15. The van der Waals surface area contributed by atoms with Crippen molar-refractivity contribution in [3.8, 4) is 22.9 Å². The smallest absolute Gasteiger partial charge is 0.324 e. The van der Waals surface area contributed by atoms with Crippen molar-refractivity contribution in [2.75, 3.05) is 31.8 Å². The maximum atomic E-state index is 13.4. The van der Waals surface area contributed by atoms with E-state index in [0.717, 1.165) is 27.9 Å². The average Bonchev–Trinajstić information content (AvgIpc) is 3.43. The molecule has 2 heterocycles. The second kappa shape index (κ2) is 12.5. The Hall–Kier alpha value is -5.38. The normalized spacial score (nSPS) is 11.2. The van der Waals surface area contributed by atoms with Gasteiger partial charge in [0, 0.05) is 48.6 Å². The minimum atomic E-state index is -0.414. The molecule has 10 nitrogen and oxygen atoms in total. The molecule has 2 aromatic heterocycles. The lowest BCUT2D eigenvalue weighted by molar-refractivity contribution is -0.128. The number of rotatable bonds is 8. The number of carbonyl (C=O) groups is 2. The summed E-state index contributed by atoms with van der Waals surface area (Å²) in [4.78, 5) is 31.3. The number of ether oxygens (including phenoxy) is 2. The number of anilines is 2. The first kappa shape index (κ1) is 30.1. The Kier molecular flexibility index (Phi) is 8.52. The number of nitrogens with one attached hydrogen (secondary N) is 2. The number of benzene rings is 3. The minimum Gasteiger partial charge on any atom is -0.497 e. The third kappa shape index (κ3) is 6.81. The topological polar surface area (TPSA) is 111 Å². The lowest BCUT2D eigenvalue weighted by atomic mass is 9.92. The Morgan fingerprint density at radius 1 is 0.886 bits per heavy atom. The first-order valence-electron chi connectivity index (χ1n) is 14.2. The summed E-state index contributed by atoms with van der Waals surface area (Å²) in [5.74, 6) is 2.38. The molecule has 0 saturated heterocycles. The Balaban J connectivity index is 1.39. The van der Waals surface area contributed by atoms with Gasteiger partial charge in [0.05, 0.1) is 36.3 Å². The van der Waals surface area contributed by atoms with Crippen LogP contribution in [0.15, 0.2) is 85.1 Å². The zero-order chi connectivity index (χ0) is 31.4. The highest BCUT2D eigenvalue weighted by molar-refractivity contribution is 6.07. The summed E-state index contributed by atoms with van der Waals surface area (Å²) in [6.45, 7) is 6.22. The zero-order valence-corrected chi connectivity index (χ0v) is 25.7. The van der Waals surface area contributed by atoms with E-state index >= 15 is 0 Å². The van der Waals surface area contributed by atoms with Crippen molar-refractivity contribution >= 4 is 34.2 Å². The molecule has 3 amide bonds. The molecule has 0 saturated carbocycles. The molecule has 2 N–H and O–H groups in total. The van der Waals surface area contributed by atoms with Crippen LogP contribution in [0.1, 0.15) is 32.2 Å². The summed E-state index contributed by atoms with van der Waals surface area (Å²) in [6, 6.07) is 23.7. The second-order valence-corrected chi connectivity index (χ2v) is 11.6. The highest BCUT2D eigenvalue weighted by atomic mass is 16.5. The first-order valence-corrected chi connectivity index (χ1v) is 14.2. The zero-order valence-electron chi connectivity index (χ0n) is 25.7. The number of likely N-dealkylation sites (N-methyl/N-ethyl adjacent to an activating group) is 1. The molecular weight excluding hydrogens is 556 g/mol. The number of carbonyl (C=O) groups excluding carboxylic acids is 2. The molecule has 10 heteroatoms. The molecule has 0 atom stereocenters. The van der Waals surface area contributed by atoms with Crippen molar-refractivity contribution in [3.63, 3.8) is 0 Å². The standard InChI is InChI=1S/C34H36N6O4/c1-34(2,3)30-21-31(40(38-30)23-11-13-24(43-6)14-12-23)37-33(42)36-28-15-16-29(27-10-8-7-9-26(27)28)44-25-17-18-35-22(19-25)20-32(41)39(4)5/h7-19,21H,20H2,1-6H3,(H2,36,37,42). The third-order valence-electron chi connectivity index (χ3n) is 7.02. The van der Waals surface area contributed by atoms with Gasteiger partial charge >= 0.3 is 6.03 Å². The average molecular weight is 593 g/mol. The molecule has 0 spiro atoms. The summed E-state index contributed by atoms with van der Waals surface area (Å²) in [7, 11) is 5.04. The minimum absolute atomic E-state index is 0.0458. The van der Waals surface area contributed by atoms with Crippen LogP contribution in [-0.2, 0) is 16.6 Å². The van der Waals surface area contributed by atoms with Crippen LogP contribution in [0.25, 0.3) is 16.5 Å². The fourth-order valence-corrected chi connectivity index (χ4v) is 4.55. The molecule has 3 aromatic carbocycles. The number of urea groups is 1. The Morgan fingerprint density at radius 2 is 1.61 bits per heavy atom. The summed E-state index contributed by atoms with van der Waals surface area (Å²) in [5, 5.41) is 12.4. The molecule has 0 aliphatic carbocycles. The third-order valence-corrected chi connectivity index (χ3v) is 7.02. The van der Waals surface area contributed by atoms with Gasteiger partial charge in [-0.15, -0.1) is 0 Å². The highest BCUT2D eigenvalue weighted by Gasteiger charge is 2.22. The molecule has 0 fully saturated rings. The fraction of sp³-hybridized carbons (Fsp3) is 0.235. The van der Waals surface area contributed by atoms with E-state index < -0.39 is 6.03 Å². The van der Waals surface area contributed by atoms with Crippen molar-refractivity contribution in [2.24, 2.45) is 0 Å². The predicted octanol–water partition coefficient (Wildman–Crippen LogP) is 6.79. The van der Waals surface area contributed by atoms with E-state index in [0.29, 0.717) is 28.7 Å². The quantitative estimate of drug-likeness (QED) is 0.205. The second-order valence-electron chi connectivity index (χ2n) is 11.6. The van der Waals surface area contributed by atoms with Crippen LogP contribution in [0.2, 0.25) is 0 Å². The first-order chi connectivity index (χ1) is 21.0. The lowest BCUT2D eigenvalue weighted by Crippen LogP contribution is -2.23. The van der Waals surface area contributed by atoms with Gasteiger partial charge in [-0.1, -0.05) is 45.0 Å². The van der Waals surface area contributed by atoms with E-state index in [9.17, 15) is 9.59 Å². The Morgan fingerprint density at radius 3 is 2.30 bits per heavy atom. The van der Waals surface area contributed by atoms with Gasteiger partial charge in [0.2, 0.25) is 5.91 Å². The predicted molar refractivity (Wildman–Crippen MR) is 172 cm³/mol. The number of amides is 3. The van der Waals surface area contributed by atoms with Crippen LogP contribution in [-0.4, -0.2) is 52.8 Å². The molecule has 0 bridgehead atoms. The van der Waals surface area contributed by atoms with E-state index in [4.69, 9.17) is 14.6 Å². The summed E-state index contributed by atoms with van der Waals surface area (Å²) in [5.41, 5.74) is 2.62. The number of aromatic nitrogens is 3. The number of nitrogens with zero attached hydrogens (tertiary/aromatic N) is 4. The molecule has 0 radical (unpaired) electrons. The van der Waals surface area contributed by atoms with Gasteiger partial charge in [0.25, 0.3) is 0 Å². The molecule has 5 aromatic rings. The van der Waals surface area contributed by atoms with Crippen LogP contribution in [0, 0.1) is 0 Å². The number of pyridine rings is 1. The van der Waals surface area contributed by atoms with Gasteiger partial charge in [-0.05, 0) is 42.5 Å². The van der Waals surface area contributed by atoms with Crippen LogP contribution in [0.4, 0.5) is 16.3 Å². The van der Waals surface area contributed by atoms with E-state index in [1.165, 1.54) is 4.90 Å². The van der Waals surface area contributed by atoms with Crippen LogP contribution >= 0.6 is 0 Å². The van der Waals surface area contributed by atoms with E-state index in [1.54, 1.807) is 50.3 Å². The maximum Gasteiger partial charge on any atom is 0.324 e. The molecule has 5 rings (SSSR count). The molecule has 44 heavy (non-hydrogen) atoms. The van der Waals surface area contributed by atoms with Crippen molar-refractivity contribution in [3.05, 3.63) is 96.4 Å². The van der Waals surface area contributed by atoms with Crippen molar-refractivity contribution in [1.29, 1.82) is 0 Å². The van der Waals surface area contributed by atoms with Gasteiger partial charge in [-0.2, -0.15) is 5.10 Å². The van der Waals surface area contributed by atoms with Gasteiger partial charge in [0.1, 0.15) is 23.1 Å². The fourth-order valence-electron chi connectivity index (χ4n) is 4.55.